The molecule has 4 heterocycles. The summed E-state index contributed by atoms with van der Waals surface area (Å²) in [5, 5.41) is 10.1. The maximum atomic E-state index is 5.60. The zero-order chi connectivity index (χ0) is 20.7. The largest absolute Gasteiger partial charge is 0.367 e. The van der Waals surface area contributed by atoms with Crippen LogP contribution in [0.15, 0.2) is 36.0 Å². The third-order valence-corrected chi connectivity index (χ3v) is 6.11. The maximum absolute atomic E-state index is 5.60. The van der Waals surface area contributed by atoms with Gasteiger partial charge in [-0.1, -0.05) is 18.2 Å². The van der Waals surface area contributed by atoms with Gasteiger partial charge in [0.2, 0.25) is 5.95 Å². The summed E-state index contributed by atoms with van der Waals surface area (Å²) in [5.74, 6) is 1.81. The molecule has 8 nitrogen and oxygen atoms in total. The van der Waals surface area contributed by atoms with Crippen LogP contribution in [0.2, 0.25) is 0 Å². The number of anilines is 1. The highest BCUT2D eigenvalue weighted by atomic mass is 32.1. The molecule has 4 aromatic heterocycles. The Morgan fingerprint density at radius 2 is 2.00 bits per heavy atom. The van der Waals surface area contributed by atoms with Gasteiger partial charge in [0.05, 0.1) is 12.0 Å². The number of imidazole rings is 1. The van der Waals surface area contributed by atoms with Gasteiger partial charge in [-0.05, 0) is 32.8 Å². The van der Waals surface area contributed by atoms with Gasteiger partial charge in [0, 0.05) is 33.5 Å². The lowest BCUT2D eigenvalue weighted by molar-refractivity contribution is 0.612. The summed E-state index contributed by atoms with van der Waals surface area (Å²) in [4.78, 5) is 18.7. The Morgan fingerprint density at radius 1 is 1.13 bits per heavy atom. The molecule has 0 amide bonds. The minimum absolute atomic E-state index is 0.266. The van der Waals surface area contributed by atoms with Gasteiger partial charge in [-0.3, -0.25) is 5.10 Å². The fraction of sp³-hybridized carbons (Fsp3) is 0.286. The van der Waals surface area contributed by atoms with Crippen LogP contribution in [0.4, 0.5) is 5.95 Å². The number of nitrogen functional groups attached to an aromatic ring is 1. The molecule has 0 aliphatic heterocycles. The number of fused-ring (bicyclic) bond motifs is 2. The number of hydrogen-bond acceptors (Lipinski definition) is 7. The number of nitrogens with zero attached hydrogens (tertiary/aromatic N) is 6. The van der Waals surface area contributed by atoms with Crippen molar-refractivity contribution in [3.05, 3.63) is 47.5 Å². The number of nitrogens with one attached hydrogen (secondary N) is 1. The van der Waals surface area contributed by atoms with Gasteiger partial charge in [-0.15, -0.1) is 16.4 Å². The molecular formula is C21H22N8S. The van der Waals surface area contributed by atoms with Crippen molar-refractivity contribution < 1.29 is 0 Å². The fourth-order valence-corrected chi connectivity index (χ4v) is 4.58. The van der Waals surface area contributed by atoms with Crippen LogP contribution < -0.4 is 5.73 Å². The van der Waals surface area contributed by atoms with E-state index in [1.807, 2.05) is 6.33 Å². The van der Waals surface area contributed by atoms with Crippen molar-refractivity contribution in [1.29, 1.82) is 0 Å². The summed E-state index contributed by atoms with van der Waals surface area (Å²) in [7, 11) is 0. The van der Waals surface area contributed by atoms with Gasteiger partial charge < -0.3 is 10.3 Å². The molecule has 0 bridgehead atoms. The van der Waals surface area contributed by atoms with E-state index >= 15 is 0 Å². The van der Waals surface area contributed by atoms with Crippen molar-refractivity contribution in [1.82, 2.24) is 34.7 Å². The van der Waals surface area contributed by atoms with Crippen molar-refractivity contribution in [2.24, 2.45) is 0 Å². The monoisotopic (exact) mass is 418 g/mol. The zero-order valence-corrected chi connectivity index (χ0v) is 17.6. The maximum Gasteiger partial charge on any atom is 0.239 e. The first-order chi connectivity index (χ1) is 14.6. The molecule has 0 spiro atoms. The molecule has 0 atom stereocenters. The van der Waals surface area contributed by atoms with E-state index in [2.05, 4.69) is 68.2 Å². The number of aryl methyl sites for hydroxylation is 2. The molecule has 0 fully saturated rings. The van der Waals surface area contributed by atoms with Crippen LogP contribution in [0, 0.1) is 0 Å². The standard InChI is InChI=1S/C21H22N8S/c1-12(2)29-11-23-18-15(7-5-9-17-25-21(22)28-27-17)24-19(26-20(18)29)14-10-30-16-8-4-3-6-13(14)16/h3-4,6,8,10-12H,5,7,9H2,1-2H3,(H3,22,25,27,28). The predicted molar refractivity (Wildman–Crippen MR) is 119 cm³/mol. The molecular weight excluding hydrogens is 396 g/mol. The molecule has 9 heteroatoms. The second-order valence-electron chi connectivity index (χ2n) is 7.55. The Kier molecular flexibility index (Phi) is 4.66. The van der Waals surface area contributed by atoms with E-state index < -0.39 is 0 Å². The first-order valence-corrected chi connectivity index (χ1v) is 10.8. The highest BCUT2D eigenvalue weighted by Crippen LogP contribution is 2.33. The third kappa shape index (κ3) is 3.30. The Bertz CT molecular complexity index is 1330. The van der Waals surface area contributed by atoms with Gasteiger partial charge in [-0.25, -0.2) is 15.0 Å². The first-order valence-electron chi connectivity index (χ1n) is 9.97. The molecule has 1 aromatic carbocycles. The molecule has 0 saturated carbocycles. The number of thiophene rings is 1. The van der Waals surface area contributed by atoms with Gasteiger partial charge in [0.25, 0.3) is 0 Å². The number of benzene rings is 1. The molecule has 0 aliphatic carbocycles. The van der Waals surface area contributed by atoms with E-state index in [0.717, 1.165) is 53.3 Å². The van der Waals surface area contributed by atoms with Gasteiger partial charge >= 0.3 is 0 Å². The smallest absolute Gasteiger partial charge is 0.239 e. The minimum atomic E-state index is 0.266. The second-order valence-corrected chi connectivity index (χ2v) is 8.46. The number of rotatable bonds is 6. The third-order valence-electron chi connectivity index (χ3n) is 5.15. The topological polar surface area (TPSA) is 111 Å². The zero-order valence-electron chi connectivity index (χ0n) is 16.8. The highest BCUT2D eigenvalue weighted by Gasteiger charge is 2.17. The summed E-state index contributed by atoms with van der Waals surface area (Å²) in [6.45, 7) is 4.27. The average molecular weight is 419 g/mol. The molecule has 0 unspecified atom stereocenters. The van der Waals surface area contributed by atoms with Crippen LogP contribution in [-0.4, -0.2) is 34.7 Å². The minimum Gasteiger partial charge on any atom is -0.367 e. The van der Waals surface area contributed by atoms with Crippen molar-refractivity contribution in [2.45, 2.75) is 39.2 Å². The molecule has 5 aromatic rings. The van der Waals surface area contributed by atoms with E-state index in [9.17, 15) is 0 Å². The lowest BCUT2D eigenvalue weighted by Crippen LogP contribution is -2.04. The van der Waals surface area contributed by atoms with Crippen LogP contribution in [0.1, 0.15) is 37.8 Å². The van der Waals surface area contributed by atoms with Crippen LogP contribution in [0.5, 0.6) is 0 Å². The van der Waals surface area contributed by atoms with Crippen LogP contribution in [0.3, 0.4) is 0 Å². The molecule has 30 heavy (non-hydrogen) atoms. The summed E-state index contributed by atoms with van der Waals surface area (Å²) in [5.41, 5.74) is 9.37. The SMILES string of the molecule is CC(C)n1cnc2c(CCCc3nc(N)n[nH]3)nc(-c3csc4ccccc34)nc21. The normalized spacial score (nSPS) is 11.8. The summed E-state index contributed by atoms with van der Waals surface area (Å²) in [6.07, 6.45) is 4.24. The van der Waals surface area contributed by atoms with Gasteiger partial charge in [0.15, 0.2) is 11.5 Å². The van der Waals surface area contributed by atoms with Gasteiger partial charge in [-0.2, -0.15) is 4.98 Å². The van der Waals surface area contributed by atoms with Crippen molar-refractivity contribution in [2.75, 3.05) is 5.73 Å². The first kappa shape index (κ1) is 18.7. The van der Waals surface area contributed by atoms with Crippen molar-refractivity contribution in [3.63, 3.8) is 0 Å². The van der Waals surface area contributed by atoms with Gasteiger partial charge in [0.1, 0.15) is 11.3 Å². The fourth-order valence-electron chi connectivity index (χ4n) is 3.64. The summed E-state index contributed by atoms with van der Waals surface area (Å²) in [6, 6.07) is 8.64. The van der Waals surface area contributed by atoms with E-state index in [4.69, 9.17) is 15.7 Å². The second kappa shape index (κ2) is 7.49. The Labute approximate surface area is 177 Å². The lowest BCUT2D eigenvalue weighted by Gasteiger charge is -2.10. The van der Waals surface area contributed by atoms with Crippen LogP contribution >= 0.6 is 11.3 Å². The van der Waals surface area contributed by atoms with E-state index in [1.165, 1.54) is 10.1 Å². The Morgan fingerprint density at radius 3 is 2.80 bits per heavy atom. The quantitative estimate of drug-likeness (QED) is 0.428. The number of H-pyrrole nitrogens is 1. The van der Waals surface area contributed by atoms with Crippen LogP contribution in [-0.2, 0) is 12.8 Å². The highest BCUT2D eigenvalue weighted by molar-refractivity contribution is 7.17. The summed E-state index contributed by atoms with van der Waals surface area (Å²) >= 11 is 1.72. The predicted octanol–water partition coefficient (Wildman–Crippen LogP) is 4.16. The Hall–Kier alpha value is -3.33. The van der Waals surface area contributed by atoms with E-state index in [0.29, 0.717) is 0 Å². The average Bonchev–Trinajstić information content (AvgIpc) is 3.45. The van der Waals surface area contributed by atoms with E-state index in [1.54, 1.807) is 11.3 Å². The Balaban J connectivity index is 1.56. The van der Waals surface area contributed by atoms with Crippen LogP contribution in [0.25, 0.3) is 32.6 Å². The van der Waals surface area contributed by atoms with Crippen molar-refractivity contribution >= 4 is 38.5 Å². The molecule has 0 saturated heterocycles. The molecule has 5 rings (SSSR count). The molecule has 0 aliphatic rings. The molecule has 3 N–H and O–H groups in total. The lowest BCUT2D eigenvalue weighted by atomic mass is 10.1. The van der Waals surface area contributed by atoms with Crippen molar-refractivity contribution in [3.8, 4) is 11.4 Å². The molecule has 0 radical (unpaired) electrons. The number of hydrogen-bond donors (Lipinski definition) is 2. The van der Waals surface area contributed by atoms with E-state index in [-0.39, 0.29) is 12.0 Å². The number of aromatic nitrogens is 7. The number of aromatic amines is 1. The molecule has 152 valence electrons. The number of nitrogens with two attached hydrogens (primary N) is 1. The summed E-state index contributed by atoms with van der Waals surface area (Å²) < 4.78 is 3.34.